The van der Waals surface area contributed by atoms with Crippen molar-refractivity contribution >= 4 is 11.6 Å². The van der Waals surface area contributed by atoms with Crippen molar-refractivity contribution in [3.63, 3.8) is 0 Å². The molecule has 0 aliphatic carbocycles. The quantitative estimate of drug-likeness (QED) is 0.679. The highest BCUT2D eigenvalue weighted by molar-refractivity contribution is 5.92. The predicted molar refractivity (Wildman–Crippen MR) is 80.0 cm³/mol. The Hall–Kier alpha value is -1.59. The molecule has 0 heterocycles. The monoisotopic (exact) mass is 280 g/mol. The first-order chi connectivity index (χ1) is 9.53. The number of nitrogens with one attached hydrogen (secondary N) is 2. The number of benzene rings is 1. The molecule has 5 nitrogen and oxygen atoms in total. The van der Waals surface area contributed by atoms with Crippen LogP contribution in [0, 0.1) is 0 Å². The van der Waals surface area contributed by atoms with Crippen LogP contribution in [0.25, 0.3) is 0 Å². The molecule has 1 aromatic carbocycles. The number of aliphatic hydroxyl groups excluding tert-OH is 1. The summed E-state index contributed by atoms with van der Waals surface area (Å²) in [5.41, 5.74) is 0.483. The molecular formula is C15H24N2O3. The highest BCUT2D eigenvalue weighted by Gasteiger charge is 2.21. The van der Waals surface area contributed by atoms with Crippen molar-refractivity contribution in [3.05, 3.63) is 24.3 Å². The van der Waals surface area contributed by atoms with Crippen LogP contribution in [-0.4, -0.2) is 36.8 Å². The van der Waals surface area contributed by atoms with Crippen LogP contribution in [0.3, 0.4) is 0 Å². The molecule has 1 rings (SSSR count). The van der Waals surface area contributed by atoms with Crippen LogP contribution in [0.1, 0.15) is 26.7 Å². The molecule has 3 N–H and O–H groups in total. The normalized spacial score (nSPS) is 13.6. The minimum Gasteiger partial charge on any atom is -0.497 e. The highest BCUT2D eigenvalue weighted by Crippen LogP contribution is 2.17. The van der Waals surface area contributed by atoms with Gasteiger partial charge in [0.2, 0.25) is 5.91 Å². The molecule has 1 unspecified atom stereocenters. The maximum absolute atomic E-state index is 11.9. The van der Waals surface area contributed by atoms with E-state index in [1.807, 2.05) is 32.0 Å². The Labute approximate surface area is 120 Å². The van der Waals surface area contributed by atoms with Crippen LogP contribution in [0.15, 0.2) is 24.3 Å². The van der Waals surface area contributed by atoms with Crippen LogP contribution in [0.2, 0.25) is 0 Å². The van der Waals surface area contributed by atoms with E-state index < -0.39 is 0 Å². The van der Waals surface area contributed by atoms with Crippen LogP contribution >= 0.6 is 0 Å². The van der Waals surface area contributed by atoms with E-state index in [4.69, 9.17) is 9.84 Å². The van der Waals surface area contributed by atoms with Gasteiger partial charge in [0.1, 0.15) is 5.75 Å². The van der Waals surface area contributed by atoms with Gasteiger partial charge in [0, 0.05) is 23.9 Å². The summed E-state index contributed by atoms with van der Waals surface area (Å²) in [6, 6.07) is 7.23. The molecule has 0 aliphatic heterocycles. The number of anilines is 1. The fraction of sp³-hybridized carbons (Fsp3) is 0.533. The summed E-state index contributed by atoms with van der Waals surface area (Å²) < 4.78 is 5.11. The molecule has 0 bridgehead atoms. The second kappa shape index (κ2) is 7.87. The number of carbonyl (C=O) groups excluding carboxylic acids is 1. The minimum absolute atomic E-state index is 0.106. The number of aliphatic hydroxyl groups is 1. The third-order valence-electron chi connectivity index (χ3n) is 3.47. The number of carbonyl (C=O) groups is 1. The van der Waals surface area contributed by atoms with Gasteiger partial charge in [-0.3, -0.25) is 4.79 Å². The second-order valence-electron chi connectivity index (χ2n) is 5.02. The van der Waals surface area contributed by atoms with E-state index in [0.29, 0.717) is 17.9 Å². The lowest BCUT2D eigenvalue weighted by Crippen LogP contribution is -2.46. The van der Waals surface area contributed by atoms with Crippen molar-refractivity contribution in [2.24, 2.45) is 0 Å². The van der Waals surface area contributed by atoms with Crippen molar-refractivity contribution in [2.75, 3.05) is 25.6 Å². The Balaban J connectivity index is 2.51. The lowest BCUT2D eigenvalue weighted by molar-refractivity contribution is -0.115. The minimum atomic E-state index is -0.222. The number of hydrogen-bond donors (Lipinski definition) is 3. The third kappa shape index (κ3) is 5.19. The van der Waals surface area contributed by atoms with E-state index in [0.717, 1.165) is 6.42 Å². The molecule has 0 saturated carbocycles. The summed E-state index contributed by atoms with van der Waals surface area (Å²) in [5, 5.41) is 15.0. The van der Waals surface area contributed by atoms with Crippen molar-refractivity contribution in [3.8, 4) is 5.75 Å². The van der Waals surface area contributed by atoms with E-state index in [2.05, 4.69) is 10.6 Å². The van der Waals surface area contributed by atoms with Gasteiger partial charge in [-0.15, -0.1) is 0 Å². The van der Waals surface area contributed by atoms with Gasteiger partial charge in [-0.05, 0) is 31.9 Å². The first kappa shape index (κ1) is 16.5. The fourth-order valence-corrected chi connectivity index (χ4v) is 1.84. The summed E-state index contributed by atoms with van der Waals surface area (Å²) in [5.74, 6) is 0.588. The SMILES string of the molecule is CCC(C)(CCO)NCC(=O)Nc1cccc(OC)c1. The molecule has 0 aliphatic rings. The van der Waals surface area contributed by atoms with Gasteiger partial charge < -0.3 is 20.5 Å². The van der Waals surface area contributed by atoms with E-state index >= 15 is 0 Å². The Kier molecular flexibility index (Phi) is 6.48. The van der Waals surface area contributed by atoms with Crippen LogP contribution in [-0.2, 0) is 4.79 Å². The molecule has 112 valence electrons. The van der Waals surface area contributed by atoms with Gasteiger partial charge in [-0.1, -0.05) is 13.0 Å². The van der Waals surface area contributed by atoms with Crippen LogP contribution in [0.4, 0.5) is 5.69 Å². The van der Waals surface area contributed by atoms with E-state index in [1.165, 1.54) is 0 Å². The van der Waals surface area contributed by atoms with Gasteiger partial charge in [0.25, 0.3) is 0 Å². The topological polar surface area (TPSA) is 70.6 Å². The molecule has 0 aromatic heterocycles. The lowest BCUT2D eigenvalue weighted by Gasteiger charge is -2.28. The first-order valence-electron chi connectivity index (χ1n) is 6.83. The summed E-state index contributed by atoms with van der Waals surface area (Å²) in [4.78, 5) is 11.9. The standard InChI is InChI=1S/C15H24N2O3/c1-4-15(2,8-9-18)16-11-14(19)17-12-6-5-7-13(10-12)20-3/h5-7,10,16,18H,4,8-9,11H2,1-3H3,(H,17,19). The molecular weight excluding hydrogens is 256 g/mol. The summed E-state index contributed by atoms with van der Waals surface area (Å²) in [6.45, 7) is 4.35. The smallest absolute Gasteiger partial charge is 0.238 e. The molecule has 1 atom stereocenters. The Bertz CT molecular complexity index is 437. The summed E-state index contributed by atoms with van der Waals surface area (Å²) in [6.07, 6.45) is 1.47. The first-order valence-corrected chi connectivity index (χ1v) is 6.83. The lowest BCUT2D eigenvalue weighted by atomic mass is 9.95. The number of rotatable bonds is 8. The molecule has 0 spiro atoms. The van der Waals surface area contributed by atoms with Gasteiger partial charge in [0.05, 0.1) is 13.7 Å². The summed E-state index contributed by atoms with van der Waals surface area (Å²) >= 11 is 0. The van der Waals surface area contributed by atoms with Crippen LogP contribution < -0.4 is 15.4 Å². The molecule has 0 fully saturated rings. The Morgan fingerprint density at radius 2 is 2.20 bits per heavy atom. The molecule has 1 amide bonds. The average molecular weight is 280 g/mol. The maximum Gasteiger partial charge on any atom is 0.238 e. The molecule has 0 radical (unpaired) electrons. The number of amides is 1. The molecule has 1 aromatic rings. The highest BCUT2D eigenvalue weighted by atomic mass is 16.5. The van der Waals surface area contributed by atoms with Crippen molar-refractivity contribution in [1.82, 2.24) is 5.32 Å². The van der Waals surface area contributed by atoms with Crippen molar-refractivity contribution in [2.45, 2.75) is 32.2 Å². The zero-order valence-electron chi connectivity index (χ0n) is 12.4. The van der Waals surface area contributed by atoms with E-state index in [-0.39, 0.29) is 24.6 Å². The number of hydrogen-bond acceptors (Lipinski definition) is 4. The third-order valence-corrected chi connectivity index (χ3v) is 3.47. The second-order valence-corrected chi connectivity index (χ2v) is 5.02. The van der Waals surface area contributed by atoms with Crippen molar-refractivity contribution in [1.29, 1.82) is 0 Å². The zero-order valence-corrected chi connectivity index (χ0v) is 12.4. The number of methoxy groups -OCH3 is 1. The Morgan fingerprint density at radius 1 is 1.45 bits per heavy atom. The van der Waals surface area contributed by atoms with E-state index in [9.17, 15) is 4.79 Å². The van der Waals surface area contributed by atoms with Gasteiger partial charge >= 0.3 is 0 Å². The maximum atomic E-state index is 11.9. The zero-order chi connectivity index (χ0) is 15.0. The Morgan fingerprint density at radius 3 is 2.80 bits per heavy atom. The fourth-order valence-electron chi connectivity index (χ4n) is 1.84. The van der Waals surface area contributed by atoms with Gasteiger partial charge in [0.15, 0.2) is 0 Å². The van der Waals surface area contributed by atoms with Gasteiger partial charge in [-0.2, -0.15) is 0 Å². The summed E-state index contributed by atoms with van der Waals surface area (Å²) in [7, 11) is 1.59. The average Bonchev–Trinajstić information content (AvgIpc) is 2.46. The van der Waals surface area contributed by atoms with Gasteiger partial charge in [-0.25, -0.2) is 0 Å². The molecule has 5 heteroatoms. The number of ether oxygens (including phenoxy) is 1. The molecule has 0 saturated heterocycles. The van der Waals surface area contributed by atoms with Crippen LogP contribution in [0.5, 0.6) is 5.75 Å². The van der Waals surface area contributed by atoms with E-state index in [1.54, 1.807) is 13.2 Å². The predicted octanol–water partition coefficient (Wildman–Crippen LogP) is 1.77. The largest absolute Gasteiger partial charge is 0.497 e. The molecule has 20 heavy (non-hydrogen) atoms. The van der Waals surface area contributed by atoms with Crippen molar-refractivity contribution < 1.29 is 14.6 Å².